The van der Waals surface area contributed by atoms with Crippen LogP contribution in [0.25, 0.3) is 6.08 Å². The first-order chi connectivity index (χ1) is 5.59. The van der Waals surface area contributed by atoms with Crippen LogP contribution >= 0.6 is 0 Å². The number of hydrogen-bond acceptors (Lipinski definition) is 2. The zero-order valence-corrected chi connectivity index (χ0v) is 7.00. The number of carboxylic acids is 1. The first kappa shape index (κ1) is 8.59. The van der Waals surface area contributed by atoms with Gasteiger partial charge in [-0.2, -0.15) is 0 Å². The second-order valence-electron chi connectivity index (χ2n) is 2.58. The van der Waals surface area contributed by atoms with Gasteiger partial charge < -0.3 is 9.52 Å². The van der Waals surface area contributed by atoms with Crippen LogP contribution in [0.4, 0.5) is 0 Å². The highest BCUT2D eigenvalue weighted by Gasteiger charge is 2.01. The van der Waals surface area contributed by atoms with Crippen molar-refractivity contribution < 1.29 is 14.3 Å². The quantitative estimate of drug-likeness (QED) is 0.684. The molecule has 0 aliphatic heterocycles. The van der Waals surface area contributed by atoms with E-state index < -0.39 is 5.97 Å². The number of carbonyl (C=O) groups is 1. The topological polar surface area (TPSA) is 50.4 Å². The molecule has 1 heterocycles. The van der Waals surface area contributed by atoms with Gasteiger partial charge in [0.1, 0.15) is 11.5 Å². The largest absolute Gasteiger partial charge is 0.478 e. The monoisotopic (exact) mass is 166 g/mol. The minimum absolute atomic E-state index is 0.268. The normalized spacial score (nSPS) is 11.7. The molecule has 12 heavy (non-hydrogen) atoms. The number of carboxylic acid groups (broad SMARTS) is 1. The van der Waals surface area contributed by atoms with E-state index >= 15 is 0 Å². The van der Waals surface area contributed by atoms with E-state index in [2.05, 4.69) is 0 Å². The lowest BCUT2D eigenvalue weighted by atomic mass is 10.2. The van der Waals surface area contributed by atoms with E-state index in [1.54, 1.807) is 12.1 Å². The summed E-state index contributed by atoms with van der Waals surface area (Å²) >= 11 is 0. The molecule has 0 saturated heterocycles. The summed E-state index contributed by atoms with van der Waals surface area (Å²) in [4.78, 5) is 10.4. The molecule has 0 radical (unpaired) electrons. The molecule has 0 saturated carbocycles. The molecule has 3 heteroatoms. The molecule has 0 bridgehead atoms. The first-order valence-corrected chi connectivity index (χ1v) is 3.57. The molecule has 0 aliphatic rings. The van der Waals surface area contributed by atoms with Crippen molar-refractivity contribution in [2.45, 2.75) is 13.8 Å². The molecule has 0 unspecified atom stereocenters. The third kappa shape index (κ3) is 1.99. The molecule has 3 nitrogen and oxygen atoms in total. The van der Waals surface area contributed by atoms with E-state index in [1.165, 1.54) is 13.0 Å². The Bertz CT molecular complexity index is 320. The minimum atomic E-state index is -0.927. The van der Waals surface area contributed by atoms with Gasteiger partial charge in [0.05, 0.1) is 0 Å². The third-order valence-electron chi connectivity index (χ3n) is 1.46. The Balaban J connectivity index is 2.87. The number of aryl methyl sites for hydroxylation is 1. The molecule has 1 rings (SSSR count). The molecule has 1 aromatic heterocycles. The van der Waals surface area contributed by atoms with Crippen LogP contribution in [-0.4, -0.2) is 11.1 Å². The van der Waals surface area contributed by atoms with Gasteiger partial charge in [0.2, 0.25) is 0 Å². The fourth-order valence-corrected chi connectivity index (χ4v) is 0.806. The lowest BCUT2D eigenvalue weighted by Gasteiger charge is -1.89. The molecular weight excluding hydrogens is 156 g/mol. The molecule has 0 aliphatic carbocycles. The Hall–Kier alpha value is -1.51. The van der Waals surface area contributed by atoms with Crippen molar-refractivity contribution in [1.29, 1.82) is 0 Å². The molecular formula is C9H10O3. The van der Waals surface area contributed by atoms with E-state index in [0.29, 0.717) is 5.76 Å². The highest BCUT2D eigenvalue weighted by atomic mass is 16.4. The Morgan fingerprint density at radius 3 is 2.67 bits per heavy atom. The van der Waals surface area contributed by atoms with Gasteiger partial charge in [-0.05, 0) is 32.1 Å². The van der Waals surface area contributed by atoms with Crippen molar-refractivity contribution in [2.75, 3.05) is 0 Å². The van der Waals surface area contributed by atoms with Crippen molar-refractivity contribution in [3.8, 4) is 0 Å². The zero-order valence-electron chi connectivity index (χ0n) is 7.00. The lowest BCUT2D eigenvalue weighted by molar-refractivity contribution is -0.132. The minimum Gasteiger partial charge on any atom is -0.478 e. The molecule has 1 aromatic rings. The van der Waals surface area contributed by atoms with Crippen LogP contribution in [0.3, 0.4) is 0 Å². The predicted octanol–water partition coefficient (Wildman–Crippen LogP) is 2.08. The maximum atomic E-state index is 10.4. The third-order valence-corrected chi connectivity index (χ3v) is 1.46. The van der Waals surface area contributed by atoms with Gasteiger partial charge in [0.15, 0.2) is 0 Å². The molecule has 64 valence electrons. The SMILES string of the molecule is C/C(=C\c1ccc(C)o1)C(=O)O. The Morgan fingerprint density at radius 2 is 2.25 bits per heavy atom. The highest BCUT2D eigenvalue weighted by molar-refractivity contribution is 5.90. The molecule has 1 N–H and O–H groups in total. The van der Waals surface area contributed by atoms with Crippen LogP contribution in [0.15, 0.2) is 22.1 Å². The summed E-state index contributed by atoms with van der Waals surface area (Å²) in [5.74, 6) is 0.427. The highest BCUT2D eigenvalue weighted by Crippen LogP contribution is 2.10. The number of hydrogen-bond donors (Lipinski definition) is 1. The van der Waals surface area contributed by atoms with E-state index in [1.807, 2.05) is 6.92 Å². The Labute approximate surface area is 70.3 Å². The summed E-state index contributed by atoms with van der Waals surface area (Å²) in [7, 11) is 0. The Morgan fingerprint density at radius 1 is 1.58 bits per heavy atom. The van der Waals surface area contributed by atoms with E-state index in [9.17, 15) is 4.79 Å². The summed E-state index contributed by atoms with van der Waals surface area (Å²) in [6, 6.07) is 3.53. The van der Waals surface area contributed by atoms with Crippen molar-refractivity contribution >= 4 is 12.0 Å². The van der Waals surface area contributed by atoms with Crippen LogP contribution in [0.1, 0.15) is 18.4 Å². The van der Waals surface area contributed by atoms with E-state index in [0.717, 1.165) is 5.76 Å². The molecule has 0 spiro atoms. The van der Waals surface area contributed by atoms with E-state index in [4.69, 9.17) is 9.52 Å². The van der Waals surface area contributed by atoms with Crippen LogP contribution in [0.5, 0.6) is 0 Å². The number of rotatable bonds is 2. The summed E-state index contributed by atoms with van der Waals surface area (Å²) in [5, 5.41) is 8.54. The van der Waals surface area contributed by atoms with Crippen LogP contribution < -0.4 is 0 Å². The number of furan rings is 1. The fourth-order valence-electron chi connectivity index (χ4n) is 0.806. The first-order valence-electron chi connectivity index (χ1n) is 3.57. The van der Waals surface area contributed by atoms with Gasteiger partial charge in [0.25, 0.3) is 0 Å². The van der Waals surface area contributed by atoms with Crippen LogP contribution in [0.2, 0.25) is 0 Å². The average molecular weight is 166 g/mol. The van der Waals surface area contributed by atoms with Crippen molar-refractivity contribution in [1.82, 2.24) is 0 Å². The van der Waals surface area contributed by atoms with Crippen molar-refractivity contribution in [3.05, 3.63) is 29.2 Å². The van der Waals surface area contributed by atoms with Gasteiger partial charge in [-0.3, -0.25) is 0 Å². The molecule has 0 amide bonds. The van der Waals surface area contributed by atoms with Crippen molar-refractivity contribution in [2.24, 2.45) is 0 Å². The van der Waals surface area contributed by atoms with Crippen LogP contribution in [-0.2, 0) is 4.79 Å². The van der Waals surface area contributed by atoms with Crippen LogP contribution in [0, 0.1) is 6.92 Å². The average Bonchev–Trinajstić information content (AvgIpc) is 2.35. The molecule has 0 fully saturated rings. The van der Waals surface area contributed by atoms with Gasteiger partial charge in [-0.15, -0.1) is 0 Å². The maximum Gasteiger partial charge on any atom is 0.331 e. The van der Waals surface area contributed by atoms with Gasteiger partial charge in [0, 0.05) is 5.57 Å². The second-order valence-corrected chi connectivity index (χ2v) is 2.58. The fraction of sp³-hybridized carbons (Fsp3) is 0.222. The van der Waals surface area contributed by atoms with Gasteiger partial charge in [-0.25, -0.2) is 4.79 Å². The Kier molecular flexibility index (Phi) is 2.33. The van der Waals surface area contributed by atoms with E-state index in [-0.39, 0.29) is 5.57 Å². The summed E-state index contributed by atoms with van der Waals surface area (Å²) in [6.45, 7) is 3.34. The summed E-state index contributed by atoms with van der Waals surface area (Å²) in [5.41, 5.74) is 0.268. The zero-order chi connectivity index (χ0) is 9.14. The smallest absolute Gasteiger partial charge is 0.331 e. The lowest BCUT2D eigenvalue weighted by Crippen LogP contribution is -1.94. The predicted molar refractivity (Wildman–Crippen MR) is 44.7 cm³/mol. The number of aliphatic carboxylic acids is 1. The molecule has 0 aromatic carbocycles. The van der Waals surface area contributed by atoms with Gasteiger partial charge >= 0.3 is 5.97 Å². The summed E-state index contributed by atoms with van der Waals surface area (Å²) < 4.78 is 5.16. The standard InChI is InChI=1S/C9H10O3/c1-6(9(10)11)5-8-4-3-7(2)12-8/h3-5H,1-2H3,(H,10,11)/b6-5+. The summed E-state index contributed by atoms with van der Waals surface area (Å²) in [6.07, 6.45) is 1.50. The van der Waals surface area contributed by atoms with Gasteiger partial charge in [-0.1, -0.05) is 0 Å². The molecule has 0 atom stereocenters. The second kappa shape index (κ2) is 3.26. The van der Waals surface area contributed by atoms with Crippen molar-refractivity contribution in [3.63, 3.8) is 0 Å². The maximum absolute atomic E-state index is 10.4.